The van der Waals surface area contributed by atoms with E-state index in [9.17, 15) is 18.0 Å². The predicted molar refractivity (Wildman–Crippen MR) is 166 cm³/mol. The summed E-state index contributed by atoms with van der Waals surface area (Å²) in [5.41, 5.74) is 0.751. The average Bonchev–Trinajstić information content (AvgIpc) is 3.48. The summed E-state index contributed by atoms with van der Waals surface area (Å²) >= 11 is 18.7. The largest absolute Gasteiger partial charge is 0.497 e. The predicted octanol–water partition coefficient (Wildman–Crippen LogP) is 6.33. The van der Waals surface area contributed by atoms with E-state index in [2.05, 4.69) is 5.32 Å². The molecule has 4 rings (SSSR count). The molecule has 0 radical (unpaired) electrons. The maximum atomic E-state index is 14.1. The monoisotopic (exact) mass is 651 g/mol. The number of rotatable bonds is 11. The van der Waals surface area contributed by atoms with Crippen LogP contribution in [0.4, 0.5) is 5.69 Å². The lowest BCUT2D eigenvalue weighted by Crippen LogP contribution is -2.52. The Balaban J connectivity index is 1.70. The first-order valence-corrected chi connectivity index (χ1v) is 16.0. The number of carbonyl (C=O) groups is 2. The van der Waals surface area contributed by atoms with Crippen molar-refractivity contribution in [1.82, 2.24) is 10.2 Å². The van der Waals surface area contributed by atoms with Gasteiger partial charge < -0.3 is 15.0 Å². The summed E-state index contributed by atoms with van der Waals surface area (Å²) in [6.45, 7) is 0.981. The van der Waals surface area contributed by atoms with Crippen molar-refractivity contribution in [3.8, 4) is 5.75 Å². The zero-order chi connectivity index (χ0) is 30.4. The van der Waals surface area contributed by atoms with E-state index < -0.39 is 28.5 Å². The molecule has 1 fully saturated rings. The maximum Gasteiger partial charge on any atom is 0.264 e. The summed E-state index contributed by atoms with van der Waals surface area (Å²) in [5.74, 6) is -0.452. The Kier molecular flexibility index (Phi) is 10.6. The second kappa shape index (κ2) is 14.0. The number of amides is 2. The highest BCUT2D eigenvalue weighted by atomic mass is 35.5. The van der Waals surface area contributed by atoms with Gasteiger partial charge in [0, 0.05) is 27.7 Å². The van der Waals surface area contributed by atoms with E-state index in [1.807, 2.05) is 0 Å². The third-order valence-corrected chi connectivity index (χ3v) is 9.86. The van der Waals surface area contributed by atoms with Crippen LogP contribution in [0, 0.1) is 0 Å². The molecule has 8 nitrogen and oxygen atoms in total. The number of nitrogens with one attached hydrogen (secondary N) is 1. The molecular formula is C30H32Cl3N3O5S. The summed E-state index contributed by atoms with van der Waals surface area (Å²) in [5, 5.41) is 4.07. The fourth-order valence-corrected chi connectivity index (χ4v) is 6.90. The lowest BCUT2D eigenvalue weighted by Gasteiger charge is -2.32. The van der Waals surface area contributed by atoms with E-state index in [0.29, 0.717) is 26.4 Å². The summed E-state index contributed by atoms with van der Waals surface area (Å²) in [6, 6.07) is 16.1. The minimum absolute atomic E-state index is 0.0365. The maximum absolute atomic E-state index is 14.1. The van der Waals surface area contributed by atoms with Crippen LogP contribution >= 0.6 is 34.8 Å². The molecule has 0 unspecified atom stereocenters. The van der Waals surface area contributed by atoms with Crippen LogP contribution in [0.2, 0.25) is 15.1 Å². The minimum Gasteiger partial charge on any atom is -0.497 e. The van der Waals surface area contributed by atoms with Gasteiger partial charge in [0.05, 0.1) is 17.7 Å². The van der Waals surface area contributed by atoms with Crippen LogP contribution in [0.25, 0.3) is 0 Å². The molecule has 0 bridgehead atoms. The molecule has 3 aromatic rings. The molecule has 2 amide bonds. The van der Waals surface area contributed by atoms with Crippen LogP contribution in [-0.2, 0) is 26.2 Å². The Labute approximate surface area is 261 Å². The van der Waals surface area contributed by atoms with Crippen LogP contribution < -0.4 is 14.4 Å². The lowest BCUT2D eigenvalue weighted by atomic mass is 10.1. The van der Waals surface area contributed by atoms with Gasteiger partial charge in [0.25, 0.3) is 10.0 Å². The first kappa shape index (κ1) is 31.9. The smallest absolute Gasteiger partial charge is 0.264 e. The first-order valence-electron chi connectivity index (χ1n) is 13.5. The Hall–Kier alpha value is -2.98. The molecule has 0 saturated heterocycles. The highest BCUT2D eigenvalue weighted by Crippen LogP contribution is 2.29. The van der Waals surface area contributed by atoms with Gasteiger partial charge in [-0.15, -0.1) is 0 Å². The topological polar surface area (TPSA) is 96.0 Å². The number of hydrogen-bond acceptors (Lipinski definition) is 5. The molecule has 1 aliphatic rings. The summed E-state index contributed by atoms with van der Waals surface area (Å²) in [6.07, 6.45) is 3.80. The van der Waals surface area contributed by atoms with Gasteiger partial charge in [0.15, 0.2) is 0 Å². The number of anilines is 1. The normalized spacial score (nSPS) is 14.3. The SMILES string of the molecule is COc1ccc(S(=O)(=O)N(CC(=O)N(Cc2ccc(Cl)cc2Cl)[C@@H](C)C(=O)NC2CCCC2)c2cccc(Cl)c2)cc1. The van der Waals surface area contributed by atoms with Crippen molar-refractivity contribution in [2.45, 2.75) is 56.1 Å². The molecule has 0 aromatic heterocycles. The fourth-order valence-electron chi connectivity index (χ4n) is 4.84. The first-order chi connectivity index (χ1) is 20.0. The van der Waals surface area contributed by atoms with Crippen LogP contribution in [0.5, 0.6) is 5.75 Å². The molecule has 0 spiro atoms. The third kappa shape index (κ3) is 7.69. The van der Waals surface area contributed by atoms with Gasteiger partial charge in [-0.1, -0.05) is 59.8 Å². The number of halogens is 3. The third-order valence-electron chi connectivity index (χ3n) is 7.25. The van der Waals surface area contributed by atoms with Gasteiger partial charge in [-0.3, -0.25) is 13.9 Å². The molecule has 12 heteroatoms. The molecule has 1 saturated carbocycles. The number of methoxy groups -OCH3 is 1. The highest BCUT2D eigenvalue weighted by Gasteiger charge is 2.33. The van der Waals surface area contributed by atoms with Gasteiger partial charge in [0.1, 0.15) is 18.3 Å². The van der Waals surface area contributed by atoms with Crippen molar-refractivity contribution in [2.75, 3.05) is 18.0 Å². The molecule has 0 heterocycles. The van der Waals surface area contributed by atoms with E-state index in [1.165, 1.54) is 42.3 Å². The standard InChI is InChI=1S/C30H32Cl3N3O5S/c1-20(30(38)34-24-7-3-4-8-24)35(18-21-10-11-23(32)17-28(21)33)29(37)19-36(25-9-5-6-22(31)16-25)42(39,40)27-14-12-26(41-2)13-15-27/h5-6,9-17,20,24H,3-4,7-8,18-19H2,1-2H3,(H,34,38)/t20-/m0/s1. The second-order valence-corrected chi connectivity index (χ2v) is 13.2. The minimum atomic E-state index is -4.25. The molecule has 1 N–H and O–H groups in total. The van der Waals surface area contributed by atoms with Crippen molar-refractivity contribution >= 4 is 62.3 Å². The van der Waals surface area contributed by atoms with Crippen LogP contribution in [-0.4, -0.2) is 50.9 Å². The molecule has 1 atom stereocenters. The second-order valence-electron chi connectivity index (χ2n) is 10.1. The van der Waals surface area contributed by atoms with Crippen molar-refractivity contribution in [1.29, 1.82) is 0 Å². The van der Waals surface area contributed by atoms with E-state index in [0.717, 1.165) is 30.0 Å². The molecule has 0 aliphatic heterocycles. The van der Waals surface area contributed by atoms with Crippen LogP contribution in [0.3, 0.4) is 0 Å². The molecular weight excluding hydrogens is 621 g/mol. The van der Waals surface area contributed by atoms with Gasteiger partial charge in [-0.25, -0.2) is 8.42 Å². The van der Waals surface area contributed by atoms with Crippen molar-refractivity contribution < 1.29 is 22.7 Å². The number of sulfonamides is 1. The number of carbonyl (C=O) groups excluding carboxylic acids is 2. The Morgan fingerprint density at radius 3 is 2.26 bits per heavy atom. The van der Waals surface area contributed by atoms with Crippen LogP contribution in [0.1, 0.15) is 38.2 Å². The zero-order valence-corrected chi connectivity index (χ0v) is 26.3. The van der Waals surface area contributed by atoms with E-state index in [1.54, 1.807) is 43.3 Å². The summed E-state index contributed by atoms with van der Waals surface area (Å²) in [7, 11) is -2.77. The molecule has 42 heavy (non-hydrogen) atoms. The number of hydrogen-bond donors (Lipinski definition) is 1. The van der Waals surface area contributed by atoms with Crippen molar-refractivity contribution in [3.05, 3.63) is 87.4 Å². The van der Waals surface area contributed by atoms with Gasteiger partial charge >= 0.3 is 0 Å². The number of benzene rings is 3. The zero-order valence-electron chi connectivity index (χ0n) is 23.2. The van der Waals surface area contributed by atoms with E-state index in [-0.39, 0.29) is 29.1 Å². The Morgan fingerprint density at radius 1 is 0.976 bits per heavy atom. The van der Waals surface area contributed by atoms with Gasteiger partial charge in [0.2, 0.25) is 11.8 Å². The molecule has 1 aliphatic carbocycles. The fraction of sp³-hybridized carbons (Fsp3) is 0.333. The number of nitrogens with zero attached hydrogens (tertiary/aromatic N) is 2. The highest BCUT2D eigenvalue weighted by molar-refractivity contribution is 7.92. The van der Waals surface area contributed by atoms with Crippen LogP contribution in [0.15, 0.2) is 71.6 Å². The Bertz CT molecular complexity index is 1530. The van der Waals surface area contributed by atoms with E-state index in [4.69, 9.17) is 39.5 Å². The van der Waals surface area contributed by atoms with Gasteiger partial charge in [-0.2, -0.15) is 0 Å². The van der Waals surface area contributed by atoms with E-state index >= 15 is 0 Å². The Morgan fingerprint density at radius 2 is 1.64 bits per heavy atom. The summed E-state index contributed by atoms with van der Waals surface area (Å²) < 4.78 is 34.0. The lowest BCUT2D eigenvalue weighted by molar-refractivity contribution is -0.139. The average molecular weight is 653 g/mol. The molecule has 3 aromatic carbocycles. The van der Waals surface area contributed by atoms with Gasteiger partial charge in [-0.05, 0) is 79.9 Å². The molecule has 224 valence electrons. The van der Waals surface area contributed by atoms with Crippen molar-refractivity contribution in [3.63, 3.8) is 0 Å². The number of ether oxygens (including phenoxy) is 1. The quantitative estimate of drug-likeness (QED) is 0.261. The summed E-state index contributed by atoms with van der Waals surface area (Å²) in [4.78, 5) is 28.7. The van der Waals surface area contributed by atoms with Crippen molar-refractivity contribution in [2.24, 2.45) is 0 Å².